The van der Waals surface area contributed by atoms with Crippen molar-refractivity contribution < 1.29 is 10.2 Å². The maximum Gasteiger partial charge on any atom is 0.165 e. The number of nitrogens with two attached hydrogens (primary N) is 1. The van der Waals surface area contributed by atoms with Gasteiger partial charge >= 0.3 is 0 Å². The highest BCUT2D eigenvalue weighted by Crippen LogP contribution is 2.37. The Hall–Kier alpha value is -2.26. The van der Waals surface area contributed by atoms with E-state index in [9.17, 15) is 10.2 Å². The molecule has 1 fully saturated rings. The van der Waals surface area contributed by atoms with Crippen LogP contribution in [0.4, 0.5) is 5.82 Å². The first-order valence-electron chi connectivity index (χ1n) is 9.13. The van der Waals surface area contributed by atoms with Crippen LogP contribution in [0.5, 0.6) is 0 Å². The monoisotopic (exact) mass is 404 g/mol. The molecular formula is C19H25ClN6O2. The average molecular weight is 405 g/mol. The lowest BCUT2D eigenvalue weighted by Crippen LogP contribution is -2.33. The summed E-state index contributed by atoms with van der Waals surface area (Å²) in [7, 11) is 0. The number of imidazole rings is 1. The Morgan fingerprint density at radius 3 is 2.71 bits per heavy atom. The number of fused-ring (bicyclic) bond motifs is 1. The van der Waals surface area contributed by atoms with Gasteiger partial charge in [-0.3, -0.25) is 0 Å². The van der Waals surface area contributed by atoms with Gasteiger partial charge in [-0.25, -0.2) is 15.0 Å². The summed E-state index contributed by atoms with van der Waals surface area (Å²) in [6, 6.07) is 9.80. The molecule has 0 aliphatic heterocycles. The van der Waals surface area contributed by atoms with E-state index >= 15 is 0 Å². The van der Waals surface area contributed by atoms with E-state index in [4.69, 9.17) is 5.73 Å². The fourth-order valence-corrected chi connectivity index (χ4v) is 3.93. The number of halogens is 1. The smallest absolute Gasteiger partial charge is 0.165 e. The Morgan fingerprint density at radius 2 is 1.96 bits per heavy atom. The van der Waals surface area contributed by atoms with Gasteiger partial charge in [0.1, 0.15) is 11.8 Å². The lowest BCUT2D eigenvalue weighted by atomic mass is 10.0. The van der Waals surface area contributed by atoms with E-state index in [1.807, 2.05) is 18.2 Å². The minimum Gasteiger partial charge on any atom is -0.391 e. The summed E-state index contributed by atoms with van der Waals surface area (Å²) in [6.07, 6.45) is 2.02. The van der Waals surface area contributed by atoms with Gasteiger partial charge in [-0.2, -0.15) is 0 Å². The van der Waals surface area contributed by atoms with E-state index in [1.165, 1.54) is 11.9 Å². The Morgan fingerprint density at radius 1 is 1.21 bits per heavy atom. The van der Waals surface area contributed by atoms with E-state index in [-0.39, 0.29) is 30.2 Å². The molecule has 3 aromatic rings. The number of nitrogen functional groups attached to an aromatic ring is 1. The number of aliphatic hydroxyl groups is 2. The van der Waals surface area contributed by atoms with Crippen LogP contribution in [0, 0.1) is 5.92 Å². The number of rotatable bonds is 5. The van der Waals surface area contributed by atoms with Crippen molar-refractivity contribution in [3.05, 3.63) is 48.5 Å². The highest BCUT2D eigenvalue weighted by atomic mass is 35.5. The number of benzene rings is 1. The van der Waals surface area contributed by atoms with Gasteiger partial charge in [0.25, 0.3) is 0 Å². The number of aliphatic hydroxyl groups excluding tert-OH is 2. The van der Waals surface area contributed by atoms with Gasteiger partial charge in [0.15, 0.2) is 11.5 Å². The number of aromatic nitrogens is 4. The van der Waals surface area contributed by atoms with Crippen LogP contribution in [0.2, 0.25) is 0 Å². The SMILES string of the molecule is C[C@H](NC[C@@H]1C[C@H](O)[C@@H](n2cnc3c(N)ncnc32)[C@@H]1O)c1ccccc1.Cl. The molecule has 8 nitrogen and oxygen atoms in total. The van der Waals surface area contributed by atoms with Crippen molar-refractivity contribution in [2.24, 2.45) is 5.92 Å². The molecular weight excluding hydrogens is 380 g/mol. The molecule has 2 aromatic heterocycles. The van der Waals surface area contributed by atoms with Crippen molar-refractivity contribution in [2.75, 3.05) is 12.3 Å². The van der Waals surface area contributed by atoms with E-state index in [1.54, 1.807) is 10.9 Å². The van der Waals surface area contributed by atoms with Gasteiger partial charge < -0.3 is 25.8 Å². The van der Waals surface area contributed by atoms with Crippen molar-refractivity contribution >= 4 is 29.4 Å². The minimum absolute atomic E-state index is 0. The summed E-state index contributed by atoms with van der Waals surface area (Å²) in [5.41, 5.74) is 8.04. The van der Waals surface area contributed by atoms with E-state index in [0.717, 1.165) is 0 Å². The maximum atomic E-state index is 10.9. The molecule has 5 N–H and O–H groups in total. The van der Waals surface area contributed by atoms with Crippen molar-refractivity contribution in [1.29, 1.82) is 0 Å². The maximum absolute atomic E-state index is 10.9. The van der Waals surface area contributed by atoms with Gasteiger partial charge in [-0.1, -0.05) is 30.3 Å². The molecule has 1 aliphatic rings. The third kappa shape index (κ3) is 3.68. The van der Waals surface area contributed by atoms with Gasteiger partial charge in [0.2, 0.25) is 0 Å². The van der Waals surface area contributed by atoms with Crippen LogP contribution in [-0.2, 0) is 0 Å². The molecule has 150 valence electrons. The first-order valence-corrected chi connectivity index (χ1v) is 9.13. The number of anilines is 1. The summed E-state index contributed by atoms with van der Waals surface area (Å²) in [6.45, 7) is 2.70. The fourth-order valence-electron chi connectivity index (χ4n) is 3.93. The summed E-state index contributed by atoms with van der Waals surface area (Å²) >= 11 is 0. The summed E-state index contributed by atoms with van der Waals surface area (Å²) in [5, 5.41) is 24.9. The molecule has 4 rings (SSSR count). The van der Waals surface area contributed by atoms with Gasteiger partial charge in [0.05, 0.1) is 24.6 Å². The molecule has 0 saturated heterocycles. The van der Waals surface area contributed by atoms with Gasteiger partial charge in [0, 0.05) is 18.5 Å². The van der Waals surface area contributed by atoms with Crippen LogP contribution in [0.1, 0.15) is 31.0 Å². The molecule has 0 radical (unpaired) electrons. The predicted octanol–water partition coefficient (Wildman–Crippen LogP) is 1.46. The highest BCUT2D eigenvalue weighted by molar-refractivity contribution is 5.85. The molecule has 2 heterocycles. The summed E-state index contributed by atoms with van der Waals surface area (Å²) in [4.78, 5) is 12.4. The molecule has 0 unspecified atom stereocenters. The van der Waals surface area contributed by atoms with Crippen molar-refractivity contribution in [3.63, 3.8) is 0 Å². The van der Waals surface area contributed by atoms with Crippen LogP contribution in [-0.4, -0.2) is 48.5 Å². The Kier molecular flexibility index (Phi) is 6.14. The first kappa shape index (κ1) is 20.5. The molecule has 0 amide bonds. The standard InChI is InChI=1S/C19H24N6O2.ClH/c1-11(12-5-3-2-4-6-12)21-8-13-7-14(26)16(17(13)27)25-10-24-15-18(20)22-9-23-19(15)25;/h2-6,9-11,13-14,16-17,21,26-27H,7-8H2,1H3,(H2,20,22,23);1H/t11-,13-,14-,16+,17+;/m0./s1. The second kappa shape index (κ2) is 8.40. The second-order valence-electron chi connectivity index (χ2n) is 7.17. The molecule has 0 spiro atoms. The summed E-state index contributed by atoms with van der Waals surface area (Å²) < 4.78 is 1.71. The normalized spacial score (nSPS) is 25.5. The van der Waals surface area contributed by atoms with Gasteiger partial charge in [-0.15, -0.1) is 12.4 Å². The first-order chi connectivity index (χ1) is 13.1. The Bertz CT molecular complexity index is 921. The molecule has 28 heavy (non-hydrogen) atoms. The topological polar surface area (TPSA) is 122 Å². The molecule has 1 aromatic carbocycles. The number of hydrogen-bond acceptors (Lipinski definition) is 7. The van der Waals surface area contributed by atoms with E-state index < -0.39 is 18.2 Å². The second-order valence-corrected chi connectivity index (χ2v) is 7.17. The Balaban J connectivity index is 0.00000225. The Labute approximate surface area is 169 Å². The van der Waals surface area contributed by atoms with Crippen LogP contribution < -0.4 is 11.1 Å². The zero-order valence-electron chi connectivity index (χ0n) is 15.5. The van der Waals surface area contributed by atoms with Crippen molar-refractivity contribution in [3.8, 4) is 0 Å². The zero-order valence-corrected chi connectivity index (χ0v) is 16.3. The zero-order chi connectivity index (χ0) is 19.0. The molecule has 0 bridgehead atoms. The number of nitrogens with one attached hydrogen (secondary N) is 1. The molecule has 9 heteroatoms. The third-order valence-corrected chi connectivity index (χ3v) is 5.47. The number of hydrogen-bond donors (Lipinski definition) is 4. The predicted molar refractivity (Wildman–Crippen MR) is 109 cm³/mol. The lowest BCUT2D eigenvalue weighted by molar-refractivity contribution is 0.0613. The highest BCUT2D eigenvalue weighted by Gasteiger charge is 2.43. The number of nitrogens with zero attached hydrogens (tertiary/aromatic N) is 4. The minimum atomic E-state index is -0.718. The van der Waals surface area contributed by atoms with Crippen LogP contribution in [0.3, 0.4) is 0 Å². The van der Waals surface area contributed by atoms with Crippen LogP contribution in [0.25, 0.3) is 11.2 Å². The lowest BCUT2D eigenvalue weighted by Gasteiger charge is -2.23. The van der Waals surface area contributed by atoms with Crippen molar-refractivity contribution in [2.45, 2.75) is 37.6 Å². The average Bonchev–Trinajstić information content (AvgIpc) is 3.22. The quantitative estimate of drug-likeness (QED) is 0.507. The van der Waals surface area contributed by atoms with E-state index in [0.29, 0.717) is 24.1 Å². The van der Waals surface area contributed by atoms with Crippen LogP contribution >= 0.6 is 12.4 Å². The summed E-state index contributed by atoms with van der Waals surface area (Å²) in [5.74, 6) is 0.212. The van der Waals surface area contributed by atoms with Gasteiger partial charge in [-0.05, 0) is 18.9 Å². The molecule has 1 saturated carbocycles. The molecule has 1 aliphatic carbocycles. The molecule has 5 atom stereocenters. The van der Waals surface area contributed by atoms with Crippen LogP contribution in [0.15, 0.2) is 43.0 Å². The largest absolute Gasteiger partial charge is 0.391 e. The van der Waals surface area contributed by atoms with Crippen molar-refractivity contribution in [1.82, 2.24) is 24.8 Å². The fraction of sp³-hybridized carbons (Fsp3) is 0.421. The van der Waals surface area contributed by atoms with E-state index in [2.05, 4.69) is 39.3 Å². The third-order valence-electron chi connectivity index (χ3n) is 5.47.